The Hall–Kier alpha value is -3.75. The highest BCUT2D eigenvalue weighted by atomic mass is 19.1. The molecule has 6 rings (SSSR count). The summed E-state index contributed by atoms with van der Waals surface area (Å²) in [5.74, 6) is 0.825. The topological polar surface area (TPSA) is 82.8 Å². The third kappa shape index (κ3) is 4.23. The summed E-state index contributed by atoms with van der Waals surface area (Å²) in [6.07, 6.45) is 3.54. The molecule has 3 heterocycles. The van der Waals surface area contributed by atoms with E-state index in [4.69, 9.17) is 4.52 Å². The molecule has 1 atom stereocenters. The van der Waals surface area contributed by atoms with Crippen molar-refractivity contribution in [3.8, 4) is 11.4 Å². The van der Waals surface area contributed by atoms with Crippen molar-refractivity contribution in [3.05, 3.63) is 60.2 Å². The molecule has 1 saturated carbocycles. The lowest BCUT2D eigenvalue weighted by molar-refractivity contribution is -0.136. The number of rotatable bonds is 5. The Balaban J connectivity index is 1.10. The van der Waals surface area contributed by atoms with Crippen LogP contribution in [0.5, 0.6) is 0 Å². The zero-order valence-electron chi connectivity index (χ0n) is 20.0. The lowest BCUT2D eigenvalue weighted by atomic mass is 9.85. The van der Waals surface area contributed by atoms with Gasteiger partial charge in [-0.1, -0.05) is 35.8 Å². The van der Waals surface area contributed by atoms with Gasteiger partial charge in [0.05, 0.1) is 11.6 Å². The van der Waals surface area contributed by atoms with Gasteiger partial charge < -0.3 is 19.2 Å². The summed E-state index contributed by atoms with van der Waals surface area (Å²) in [5, 5.41) is 4.14. The molecule has 8 nitrogen and oxygen atoms in total. The second-order valence-electron chi connectivity index (χ2n) is 9.80. The zero-order chi connectivity index (χ0) is 24.6. The van der Waals surface area contributed by atoms with Crippen molar-refractivity contribution in [3.63, 3.8) is 0 Å². The molecule has 3 aromatic rings. The van der Waals surface area contributed by atoms with E-state index in [1.54, 1.807) is 21.9 Å². The number of carbonyl (C=O) groups is 2. The highest BCUT2D eigenvalue weighted by Crippen LogP contribution is 2.36. The van der Waals surface area contributed by atoms with Crippen LogP contribution in [0.1, 0.15) is 37.5 Å². The van der Waals surface area contributed by atoms with Gasteiger partial charge in [-0.05, 0) is 37.1 Å². The molecule has 1 aliphatic carbocycles. The molecule has 0 N–H and O–H groups in total. The number of halogens is 1. The van der Waals surface area contributed by atoms with Gasteiger partial charge in [-0.3, -0.25) is 9.59 Å². The number of carbonyl (C=O) groups excluding carboxylic acids is 2. The van der Waals surface area contributed by atoms with E-state index in [9.17, 15) is 14.0 Å². The van der Waals surface area contributed by atoms with Crippen LogP contribution >= 0.6 is 0 Å². The van der Waals surface area contributed by atoms with E-state index in [1.807, 2.05) is 35.2 Å². The number of anilines is 2. The first-order valence-corrected chi connectivity index (χ1v) is 12.6. The van der Waals surface area contributed by atoms with E-state index >= 15 is 0 Å². The molecule has 36 heavy (non-hydrogen) atoms. The quantitative estimate of drug-likeness (QED) is 0.542. The van der Waals surface area contributed by atoms with Crippen LogP contribution < -0.4 is 9.80 Å². The third-order valence-electron chi connectivity index (χ3n) is 7.57. The minimum absolute atomic E-state index is 0.0153. The second-order valence-corrected chi connectivity index (χ2v) is 9.80. The SMILES string of the molecule is O=C([C@H]1CC(=O)N(c2cccc(-c3noc(C4CCC4)n3)c2)C1)N1CCN(c2ccccc2F)CC1. The average molecular weight is 490 g/mol. The second kappa shape index (κ2) is 9.37. The smallest absolute Gasteiger partial charge is 0.230 e. The molecule has 0 bridgehead atoms. The Kier molecular flexibility index (Phi) is 5.91. The van der Waals surface area contributed by atoms with Gasteiger partial charge >= 0.3 is 0 Å². The van der Waals surface area contributed by atoms with E-state index in [0.29, 0.717) is 56.0 Å². The third-order valence-corrected chi connectivity index (χ3v) is 7.57. The Morgan fingerprint density at radius 2 is 1.83 bits per heavy atom. The monoisotopic (exact) mass is 489 g/mol. The molecule has 2 aliphatic heterocycles. The maximum atomic E-state index is 14.1. The molecule has 1 aromatic heterocycles. The van der Waals surface area contributed by atoms with Crippen LogP contribution in [-0.2, 0) is 9.59 Å². The van der Waals surface area contributed by atoms with Crippen LogP contribution in [0.4, 0.5) is 15.8 Å². The van der Waals surface area contributed by atoms with E-state index in [1.165, 1.54) is 12.5 Å². The first-order chi connectivity index (χ1) is 17.6. The number of nitrogens with zero attached hydrogens (tertiary/aromatic N) is 5. The van der Waals surface area contributed by atoms with Gasteiger partial charge in [-0.2, -0.15) is 4.98 Å². The number of para-hydroxylation sites is 1. The summed E-state index contributed by atoms with van der Waals surface area (Å²) in [6, 6.07) is 14.2. The van der Waals surface area contributed by atoms with Crippen LogP contribution in [0, 0.1) is 11.7 Å². The van der Waals surface area contributed by atoms with Gasteiger partial charge in [0.2, 0.25) is 23.5 Å². The first-order valence-electron chi connectivity index (χ1n) is 12.6. The van der Waals surface area contributed by atoms with Gasteiger partial charge in [-0.15, -0.1) is 0 Å². The Labute approximate surface area is 208 Å². The van der Waals surface area contributed by atoms with E-state index in [0.717, 1.165) is 24.1 Å². The van der Waals surface area contributed by atoms with Crippen LogP contribution in [-0.4, -0.2) is 59.6 Å². The molecular formula is C27H28FN5O3. The minimum Gasteiger partial charge on any atom is -0.366 e. The van der Waals surface area contributed by atoms with Crippen molar-refractivity contribution in [2.75, 3.05) is 42.5 Å². The van der Waals surface area contributed by atoms with Gasteiger partial charge in [0.25, 0.3) is 0 Å². The number of piperazine rings is 1. The summed E-state index contributed by atoms with van der Waals surface area (Å²) < 4.78 is 19.6. The predicted octanol–water partition coefficient (Wildman–Crippen LogP) is 3.84. The van der Waals surface area contributed by atoms with Crippen LogP contribution in [0.25, 0.3) is 11.4 Å². The maximum Gasteiger partial charge on any atom is 0.230 e. The van der Waals surface area contributed by atoms with Crippen molar-refractivity contribution in [2.24, 2.45) is 5.92 Å². The Morgan fingerprint density at radius 3 is 2.58 bits per heavy atom. The molecule has 3 fully saturated rings. The van der Waals surface area contributed by atoms with Crippen molar-refractivity contribution >= 4 is 23.2 Å². The molecule has 9 heteroatoms. The van der Waals surface area contributed by atoms with Gasteiger partial charge in [0.1, 0.15) is 5.82 Å². The van der Waals surface area contributed by atoms with Gasteiger partial charge in [0, 0.05) is 56.3 Å². The number of amides is 2. The Bertz CT molecular complexity index is 1280. The summed E-state index contributed by atoms with van der Waals surface area (Å²) in [4.78, 5) is 36.1. The fourth-order valence-electron chi connectivity index (χ4n) is 5.24. The molecule has 0 unspecified atom stereocenters. The van der Waals surface area contributed by atoms with Gasteiger partial charge in [0.15, 0.2) is 0 Å². The van der Waals surface area contributed by atoms with E-state index < -0.39 is 5.92 Å². The van der Waals surface area contributed by atoms with Gasteiger partial charge in [-0.25, -0.2) is 4.39 Å². The number of hydrogen-bond donors (Lipinski definition) is 0. The van der Waals surface area contributed by atoms with Crippen molar-refractivity contribution in [1.29, 1.82) is 0 Å². The molecule has 2 aromatic carbocycles. The lowest BCUT2D eigenvalue weighted by Gasteiger charge is -2.37. The lowest BCUT2D eigenvalue weighted by Crippen LogP contribution is -2.51. The van der Waals surface area contributed by atoms with E-state index in [2.05, 4.69) is 10.1 Å². The highest BCUT2D eigenvalue weighted by Gasteiger charge is 2.38. The number of benzene rings is 2. The van der Waals surface area contributed by atoms with Crippen LogP contribution in [0.3, 0.4) is 0 Å². The maximum absolute atomic E-state index is 14.1. The summed E-state index contributed by atoms with van der Waals surface area (Å²) >= 11 is 0. The number of aromatic nitrogens is 2. The molecular weight excluding hydrogens is 461 g/mol. The molecule has 3 aliphatic rings. The Morgan fingerprint density at radius 1 is 1.03 bits per heavy atom. The minimum atomic E-state index is -0.392. The summed E-state index contributed by atoms with van der Waals surface area (Å²) in [5.41, 5.74) is 2.08. The van der Waals surface area contributed by atoms with Crippen LogP contribution in [0.15, 0.2) is 53.1 Å². The highest BCUT2D eigenvalue weighted by molar-refractivity contribution is 6.00. The zero-order valence-corrected chi connectivity index (χ0v) is 20.0. The standard InChI is InChI=1S/C27H28FN5O3/c28-22-9-1-2-10-23(22)31-11-13-32(14-12-31)27(35)20-16-24(34)33(17-20)21-8-4-7-19(15-21)25-29-26(36-30-25)18-5-3-6-18/h1-2,4,7-10,15,18,20H,3,5-6,11-14,16-17H2/t20-/m0/s1. The van der Waals surface area contributed by atoms with E-state index in [-0.39, 0.29) is 24.1 Å². The van der Waals surface area contributed by atoms with Crippen LogP contribution in [0.2, 0.25) is 0 Å². The molecule has 0 radical (unpaired) electrons. The molecule has 2 saturated heterocycles. The first kappa shape index (κ1) is 22.7. The van der Waals surface area contributed by atoms with Crippen molar-refractivity contribution < 1.29 is 18.5 Å². The normalized spacial score (nSPS) is 20.6. The number of hydrogen-bond acceptors (Lipinski definition) is 6. The molecule has 0 spiro atoms. The summed E-state index contributed by atoms with van der Waals surface area (Å²) in [7, 11) is 0. The predicted molar refractivity (Wildman–Crippen MR) is 132 cm³/mol. The molecule has 186 valence electrons. The summed E-state index contributed by atoms with van der Waals surface area (Å²) in [6.45, 7) is 2.48. The average Bonchev–Trinajstić information content (AvgIpc) is 3.50. The molecule has 2 amide bonds. The van der Waals surface area contributed by atoms with Crippen molar-refractivity contribution in [2.45, 2.75) is 31.6 Å². The fraction of sp³-hybridized carbons (Fsp3) is 0.407. The largest absolute Gasteiger partial charge is 0.366 e. The fourth-order valence-corrected chi connectivity index (χ4v) is 5.24. The van der Waals surface area contributed by atoms with Crippen molar-refractivity contribution in [1.82, 2.24) is 15.0 Å².